The van der Waals surface area contributed by atoms with Crippen LogP contribution >= 0.6 is 0 Å². The highest BCUT2D eigenvalue weighted by atomic mass is 15.0. The fourth-order valence-electron chi connectivity index (χ4n) is 1.69. The van der Waals surface area contributed by atoms with Gasteiger partial charge in [-0.15, -0.1) is 0 Å². The lowest BCUT2D eigenvalue weighted by Crippen LogP contribution is -2.02. The second-order valence-corrected chi connectivity index (χ2v) is 4.00. The van der Waals surface area contributed by atoms with Crippen LogP contribution in [0.15, 0.2) is 30.3 Å². The lowest BCUT2D eigenvalue weighted by molar-refractivity contribution is 0.831. The van der Waals surface area contributed by atoms with Crippen LogP contribution in [0.5, 0.6) is 0 Å². The van der Waals surface area contributed by atoms with Crippen LogP contribution in [0, 0.1) is 11.3 Å². The van der Waals surface area contributed by atoms with Gasteiger partial charge in [-0.1, -0.05) is 13.3 Å². The number of unbranched alkanes of at least 4 members (excludes halogenated alkanes) is 1. The second-order valence-electron chi connectivity index (χ2n) is 4.00. The maximum absolute atomic E-state index is 8.81. The van der Waals surface area contributed by atoms with Gasteiger partial charge in [0.05, 0.1) is 17.1 Å². The number of benzene rings is 1. The summed E-state index contributed by atoms with van der Waals surface area (Å²) in [6.45, 7) is 3.12. The van der Waals surface area contributed by atoms with Crippen LogP contribution in [0.25, 0.3) is 10.9 Å². The van der Waals surface area contributed by atoms with Crippen molar-refractivity contribution in [3.8, 4) is 6.07 Å². The topological polar surface area (TPSA) is 48.7 Å². The summed E-state index contributed by atoms with van der Waals surface area (Å²) in [5.41, 5.74) is 1.59. The molecule has 2 aromatic rings. The Labute approximate surface area is 101 Å². The molecule has 0 saturated heterocycles. The van der Waals surface area contributed by atoms with Crippen molar-refractivity contribution in [2.75, 3.05) is 11.9 Å². The molecule has 0 radical (unpaired) electrons. The molecule has 1 aromatic heterocycles. The average Bonchev–Trinajstić information content (AvgIpc) is 2.38. The van der Waals surface area contributed by atoms with Crippen LogP contribution in [0.1, 0.15) is 25.3 Å². The number of nitriles is 1. The maximum atomic E-state index is 8.81. The van der Waals surface area contributed by atoms with Crippen molar-refractivity contribution in [2.45, 2.75) is 19.8 Å². The minimum Gasteiger partial charge on any atom is -0.370 e. The molecule has 3 heteroatoms. The van der Waals surface area contributed by atoms with E-state index in [1.807, 2.05) is 24.3 Å². The van der Waals surface area contributed by atoms with E-state index in [0.717, 1.165) is 29.7 Å². The quantitative estimate of drug-likeness (QED) is 0.812. The fourth-order valence-corrected chi connectivity index (χ4v) is 1.69. The van der Waals surface area contributed by atoms with E-state index in [0.29, 0.717) is 5.56 Å². The number of nitrogens with zero attached hydrogens (tertiary/aromatic N) is 2. The molecule has 2 rings (SSSR count). The van der Waals surface area contributed by atoms with Gasteiger partial charge in [0, 0.05) is 11.9 Å². The summed E-state index contributed by atoms with van der Waals surface area (Å²) in [6, 6.07) is 11.6. The Kier molecular flexibility index (Phi) is 3.56. The van der Waals surface area contributed by atoms with Crippen LogP contribution in [0.2, 0.25) is 0 Å². The molecule has 0 saturated carbocycles. The molecule has 0 atom stereocenters. The highest BCUT2D eigenvalue weighted by molar-refractivity contribution is 5.81. The summed E-state index contributed by atoms with van der Waals surface area (Å²) >= 11 is 0. The van der Waals surface area contributed by atoms with Gasteiger partial charge >= 0.3 is 0 Å². The van der Waals surface area contributed by atoms with Gasteiger partial charge in [-0.25, -0.2) is 4.98 Å². The predicted molar refractivity (Wildman–Crippen MR) is 69.9 cm³/mol. The first-order chi connectivity index (χ1) is 8.33. The minimum absolute atomic E-state index is 0.672. The molecule has 0 spiro atoms. The van der Waals surface area contributed by atoms with E-state index < -0.39 is 0 Å². The first-order valence-corrected chi connectivity index (χ1v) is 5.88. The van der Waals surface area contributed by atoms with Crippen molar-refractivity contribution in [1.82, 2.24) is 4.98 Å². The molecule has 0 bridgehead atoms. The number of hydrogen-bond acceptors (Lipinski definition) is 3. The second kappa shape index (κ2) is 5.31. The highest BCUT2D eigenvalue weighted by Gasteiger charge is 1.99. The minimum atomic E-state index is 0.672. The Morgan fingerprint density at radius 2 is 2.18 bits per heavy atom. The summed E-state index contributed by atoms with van der Waals surface area (Å²) in [5, 5.41) is 13.1. The third kappa shape index (κ3) is 2.73. The largest absolute Gasteiger partial charge is 0.370 e. The zero-order valence-corrected chi connectivity index (χ0v) is 9.90. The SMILES string of the molecule is CCCCNc1ccc2cc(C#N)ccc2n1. The number of nitrogens with one attached hydrogen (secondary N) is 1. The van der Waals surface area contributed by atoms with Gasteiger partial charge in [-0.2, -0.15) is 5.26 Å². The smallest absolute Gasteiger partial charge is 0.126 e. The van der Waals surface area contributed by atoms with Gasteiger partial charge in [-0.05, 0) is 36.8 Å². The van der Waals surface area contributed by atoms with E-state index in [2.05, 4.69) is 23.3 Å². The molecule has 0 unspecified atom stereocenters. The molecule has 0 aliphatic carbocycles. The monoisotopic (exact) mass is 225 g/mol. The summed E-state index contributed by atoms with van der Waals surface area (Å²) in [4.78, 5) is 4.50. The first kappa shape index (κ1) is 11.4. The standard InChI is InChI=1S/C14H15N3/c1-2-3-8-16-14-7-5-12-9-11(10-15)4-6-13(12)17-14/h4-7,9H,2-3,8H2,1H3,(H,16,17). The van der Waals surface area contributed by atoms with Crippen LogP contribution in [0.4, 0.5) is 5.82 Å². The van der Waals surface area contributed by atoms with Gasteiger partial charge in [0.1, 0.15) is 5.82 Å². The van der Waals surface area contributed by atoms with Crippen molar-refractivity contribution in [2.24, 2.45) is 0 Å². The van der Waals surface area contributed by atoms with E-state index in [1.54, 1.807) is 6.07 Å². The van der Waals surface area contributed by atoms with Crippen molar-refractivity contribution in [3.63, 3.8) is 0 Å². The Hall–Kier alpha value is -2.08. The summed E-state index contributed by atoms with van der Waals surface area (Å²) in [6.07, 6.45) is 2.32. The zero-order chi connectivity index (χ0) is 12.1. The molecule has 0 aliphatic heterocycles. The summed E-state index contributed by atoms with van der Waals surface area (Å²) in [7, 11) is 0. The Bertz CT molecular complexity index is 555. The van der Waals surface area contributed by atoms with Crippen molar-refractivity contribution in [3.05, 3.63) is 35.9 Å². The molecule has 0 amide bonds. The average molecular weight is 225 g/mol. The number of fused-ring (bicyclic) bond motifs is 1. The summed E-state index contributed by atoms with van der Waals surface area (Å²) in [5.74, 6) is 0.899. The number of pyridine rings is 1. The van der Waals surface area contributed by atoms with E-state index in [9.17, 15) is 0 Å². The molecular weight excluding hydrogens is 210 g/mol. The van der Waals surface area contributed by atoms with Gasteiger partial charge in [0.2, 0.25) is 0 Å². The van der Waals surface area contributed by atoms with Crippen LogP contribution in [-0.4, -0.2) is 11.5 Å². The third-order valence-electron chi connectivity index (χ3n) is 2.65. The molecule has 1 heterocycles. The zero-order valence-electron chi connectivity index (χ0n) is 9.90. The van der Waals surface area contributed by atoms with Crippen LogP contribution < -0.4 is 5.32 Å². The van der Waals surface area contributed by atoms with Gasteiger partial charge < -0.3 is 5.32 Å². The van der Waals surface area contributed by atoms with E-state index in [4.69, 9.17) is 5.26 Å². The van der Waals surface area contributed by atoms with E-state index in [1.165, 1.54) is 6.42 Å². The number of hydrogen-bond donors (Lipinski definition) is 1. The van der Waals surface area contributed by atoms with Crippen molar-refractivity contribution < 1.29 is 0 Å². The summed E-state index contributed by atoms with van der Waals surface area (Å²) < 4.78 is 0. The third-order valence-corrected chi connectivity index (χ3v) is 2.65. The molecule has 86 valence electrons. The fraction of sp³-hybridized carbons (Fsp3) is 0.286. The highest BCUT2D eigenvalue weighted by Crippen LogP contribution is 2.16. The number of rotatable bonds is 4. The normalized spacial score (nSPS) is 10.1. The molecule has 3 nitrogen and oxygen atoms in total. The van der Waals surface area contributed by atoms with Crippen LogP contribution in [-0.2, 0) is 0 Å². The maximum Gasteiger partial charge on any atom is 0.126 e. The lowest BCUT2D eigenvalue weighted by Gasteiger charge is -2.05. The van der Waals surface area contributed by atoms with Gasteiger partial charge in [-0.3, -0.25) is 0 Å². The molecule has 17 heavy (non-hydrogen) atoms. The van der Waals surface area contributed by atoms with Crippen LogP contribution in [0.3, 0.4) is 0 Å². The lowest BCUT2D eigenvalue weighted by atomic mass is 10.1. The first-order valence-electron chi connectivity index (χ1n) is 5.88. The predicted octanol–water partition coefficient (Wildman–Crippen LogP) is 3.32. The molecular formula is C14H15N3. The van der Waals surface area contributed by atoms with E-state index >= 15 is 0 Å². The molecule has 1 N–H and O–H groups in total. The van der Waals surface area contributed by atoms with Crippen molar-refractivity contribution in [1.29, 1.82) is 5.26 Å². The van der Waals surface area contributed by atoms with Gasteiger partial charge in [0.25, 0.3) is 0 Å². The van der Waals surface area contributed by atoms with E-state index in [-0.39, 0.29) is 0 Å². The molecule has 0 aliphatic rings. The van der Waals surface area contributed by atoms with Gasteiger partial charge in [0.15, 0.2) is 0 Å². The number of aromatic nitrogens is 1. The molecule has 1 aromatic carbocycles. The Morgan fingerprint density at radius 1 is 1.29 bits per heavy atom. The van der Waals surface area contributed by atoms with Crippen molar-refractivity contribution >= 4 is 16.7 Å². The molecule has 0 fully saturated rings. The Balaban J connectivity index is 2.23. The number of anilines is 1. The Morgan fingerprint density at radius 3 is 2.94 bits per heavy atom.